The Balaban J connectivity index is 2.86. The molecule has 0 aliphatic carbocycles. The van der Waals surface area contributed by atoms with E-state index in [0.717, 1.165) is 12.2 Å². The van der Waals surface area contributed by atoms with Gasteiger partial charge in [-0.3, -0.25) is 0 Å². The highest BCUT2D eigenvalue weighted by atomic mass is 15.4. The Bertz CT molecular complexity index is 231. The number of nitrogens with zero attached hydrogens (tertiary/aromatic N) is 3. The van der Waals surface area contributed by atoms with E-state index in [9.17, 15) is 0 Å². The standard InChI is InChI=1S/C7H15N5/c1-3-5(4-8)6-10-7(9)12(2)11-6/h5H,3-4,8H2,1-2H3,(H2,9,10,11). The molecule has 1 heterocycles. The Morgan fingerprint density at radius 2 is 2.25 bits per heavy atom. The number of aryl methyl sites for hydroxylation is 1. The number of nitrogen functional groups attached to an aromatic ring is 1. The molecule has 0 saturated heterocycles. The summed E-state index contributed by atoms with van der Waals surface area (Å²) >= 11 is 0. The zero-order valence-corrected chi connectivity index (χ0v) is 7.49. The van der Waals surface area contributed by atoms with Crippen LogP contribution in [0.5, 0.6) is 0 Å². The van der Waals surface area contributed by atoms with Crippen LogP contribution in [0.2, 0.25) is 0 Å². The van der Waals surface area contributed by atoms with Crippen molar-refractivity contribution in [3.63, 3.8) is 0 Å². The van der Waals surface area contributed by atoms with Gasteiger partial charge < -0.3 is 11.5 Å². The van der Waals surface area contributed by atoms with Gasteiger partial charge in [-0.25, -0.2) is 4.68 Å². The molecule has 0 bridgehead atoms. The van der Waals surface area contributed by atoms with Crippen molar-refractivity contribution in [1.82, 2.24) is 14.8 Å². The van der Waals surface area contributed by atoms with Crippen molar-refractivity contribution in [3.8, 4) is 0 Å². The molecule has 1 rings (SSSR count). The Morgan fingerprint density at radius 1 is 1.58 bits per heavy atom. The van der Waals surface area contributed by atoms with Gasteiger partial charge in [-0.05, 0) is 6.42 Å². The van der Waals surface area contributed by atoms with Crippen molar-refractivity contribution in [2.45, 2.75) is 19.3 Å². The molecule has 0 amide bonds. The monoisotopic (exact) mass is 169 g/mol. The Labute approximate surface area is 71.8 Å². The fraction of sp³-hybridized carbons (Fsp3) is 0.714. The van der Waals surface area contributed by atoms with Gasteiger partial charge in [-0.15, -0.1) is 0 Å². The van der Waals surface area contributed by atoms with Gasteiger partial charge in [0.2, 0.25) is 5.95 Å². The third-order valence-electron chi connectivity index (χ3n) is 1.96. The summed E-state index contributed by atoms with van der Waals surface area (Å²) in [5.41, 5.74) is 11.1. The van der Waals surface area contributed by atoms with Crippen molar-refractivity contribution in [1.29, 1.82) is 0 Å². The van der Waals surface area contributed by atoms with Crippen molar-refractivity contribution in [3.05, 3.63) is 5.82 Å². The predicted molar refractivity (Wildman–Crippen MR) is 47.5 cm³/mol. The van der Waals surface area contributed by atoms with Gasteiger partial charge in [0.25, 0.3) is 0 Å². The van der Waals surface area contributed by atoms with E-state index < -0.39 is 0 Å². The molecule has 0 radical (unpaired) electrons. The van der Waals surface area contributed by atoms with Gasteiger partial charge in [-0.1, -0.05) is 6.92 Å². The molecule has 1 aromatic heterocycles. The maximum absolute atomic E-state index is 5.54. The molecule has 5 heteroatoms. The summed E-state index contributed by atoms with van der Waals surface area (Å²) in [6.07, 6.45) is 0.944. The lowest BCUT2D eigenvalue weighted by Crippen LogP contribution is -2.13. The molecule has 0 aliphatic heterocycles. The Hall–Kier alpha value is -1.10. The van der Waals surface area contributed by atoms with Crippen LogP contribution >= 0.6 is 0 Å². The summed E-state index contributed by atoms with van der Waals surface area (Å²) in [4.78, 5) is 4.10. The molecule has 4 N–H and O–H groups in total. The first-order chi connectivity index (χ1) is 5.69. The first kappa shape index (κ1) is 8.99. The second-order valence-corrected chi connectivity index (χ2v) is 2.79. The van der Waals surface area contributed by atoms with E-state index in [1.54, 1.807) is 11.7 Å². The molecule has 1 aromatic rings. The lowest BCUT2D eigenvalue weighted by Gasteiger charge is -2.05. The minimum Gasteiger partial charge on any atom is -0.368 e. The fourth-order valence-electron chi connectivity index (χ4n) is 1.04. The molecule has 1 atom stereocenters. The summed E-state index contributed by atoms with van der Waals surface area (Å²) in [7, 11) is 1.77. The topological polar surface area (TPSA) is 82.7 Å². The molecule has 1 unspecified atom stereocenters. The number of hydrogen-bond acceptors (Lipinski definition) is 4. The lowest BCUT2D eigenvalue weighted by atomic mass is 10.1. The lowest BCUT2D eigenvalue weighted by molar-refractivity contribution is 0.618. The summed E-state index contributed by atoms with van der Waals surface area (Å²) in [6.45, 7) is 2.63. The maximum Gasteiger partial charge on any atom is 0.218 e. The van der Waals surface area contributed by atoms with E-state index in [-0.39, 0.29) is 5.92 Å². The number of rotatable bonds is 3. The second kappa shape index (κ2) is 3.53. The van der Waals surface area contributed by atoms with Gasteiger partial charge in [0.15, 0.2) is 5.82 Å². The minimum absolute atomic E-state index is 0.230. The number of aromatic nitrogens is 3. The van der Waals surface area contributed by atoms with Crippen molar-refractivity contribution in [2.24, 2.45) is 12.8 Å². The number of nitrogens with two attached hydrogens (primary N) is 2. The molecular weight excluding hydrogens is 154 g/mol. The number of anilines is 1. The summed E-state index contributed by atoms with van der Waals surface area (Å²) < 4.78 is 1.56. The van der Waals surface area contributed by atoms with E-state index in [0.29, 0.717) is 12.5 Å². The third kappa shape index (κ3) is 1.55. The predicted octanol–water partition coefficient (Wildman–Crippen LogP) is -0.150. The largest absolute Gasteiger partial charge is 0.368 e. The van der Waals surface area contributed by atoms with Crippen LogP contribution in [0.1, 0.15) is 25.1 Å². The van der Waals surface area contributed by atoms with E-state index in [2.05, 4.69) is 17.0 Å². The highest BCUT2D eigenvalue weighted by Gasteiger charge is 2.13. The van der Waals surface area contributed by atoms with E-state index >= 15 is 0 Å². The highest BCUT2D eigenvalue weighted by molar-refractivity contribution is 5.17. The van der Waals surface area contributed by atoms with E-state index in [1.165, 1.54) is 0 Å². The second-order valence-electron chi connectivity index (χ2n) is 2.79. The fourth-order valence-corrected chi connectivity index (χ4v) is 1.04. The molecule has 0 aliphatic rings. The average Bonchev–Trinajstić information content (AvgIpc) is 2.35. The van der Waals surface area contributed by atoms with Crippen LogP contribution in [-0.2, 0) is 7.05 Å². The molecule has 5 nitrogen and oxygen atoms in total. The molecule has 0 aromatic carbocycles. The van der Waals surface area contributed by atoms with Crippen LogP contribution < -0.4 is 11.5 Å². The van der Waals surface area contributed by atoms with Gasteiger partial charge in [0.05, 0.1) is 0 Å². The van der Waals surface area contributed by atoms with Gasteiger partial charge >= 0.3 is 0 Å². The molecule has 0 spiro atoms. The average molecular weight is 169 g/mol. The van der Waals surface area contributed by atoms with E-state index in [4.69, 9.17) is 11.5 Å². The van der Waals surface area contributed by atoms with Crippen molar-refractivity contribution < 1.29 is 0 Å². The zero-order chi connectivity index (χ0) is 9.14. The SMILES string of the molecule is CCC(CN)c1nc(N)n(C)n1. The van der Waals surface area contributed by atoms with Gasteiger partial charge in [0.1, 0.15) is 0 Å². The molecule has 0 saturated carbocycles. The summed E-state index contributed by atoms with van der Waals surface area (Å²) in [6, 6.07) is 0. The van der Waals surface area contributed by atoms with Gasteiger partial charge in [-0.2, -0.15) is 10.1 Å². The summed E-state index contributed by atoms with van der Waals surface area (Å²) in [5, 5.41) is 4.15. The smallest absolute Gasteiger partial charge is 0.218 e. The van der Waals surface area contributed by atoms with E-state index in [1.807, 2.05) is 0 Å². The Morgan fingerprint density at radius 3 is 2.58 bits per heavy atom. The maximum atomic E-state index is 5.54. The zero-order valence-electron chi connectivity index (χ0n) is 7.49. The van der Waals surface area contributed by atoms with Crippen LogP contribution in [-0.4, -0.2) is 21.3 Å². The van der Waals surface area contributed by atoms with Crippen LogP contribution in [0.15, 0.2) is 0 Å². The first-order valence-electron chi connectivity index (χ1n) is 4.05. The first-order valence-corrected chi connectivity index (χ1v) is 4.05. The van der Waals surface area contributed by atoms with Crippen LogP contribution in [0, 0.1) is 0 Å². The molecular formula is C7H15N5. The van der Waals surface area contributed by atoms with Gasteiger partial charge in [0, 0.05) is 19.5 Å². The van der Waals surface area contributed by atoms with Crippen LogP contribution in [0.4, 0.5) is 5.95 Å². The summed E-state index contributed by atoms with van der Waals surface area (Å²) in [5.74, 6) is 1.42. The minimum atomic E-state index is 0.230. The highest BCUT2D eigenvalue weighted by Crippen LogP contribution is 2.14. The quantitative estimate of drug-likeness (QED) is 0.659. The van der Waals surface area contributed by atoms with Crippen LogP contribution in [0.25, 0.3) is 0 Å². The Kier molecular flexibility index (Phi) is 2.65. The normalized spacial score (nSPS) is 13.2. The van der Waals surface area contributed by atoms with Crippen molar-refractivity contribution in [2.75, 3.05) is 12.3 Å². The third-order valence-corrected chi connectivity index (χ3v) is 1.96. The van der Waals surface area contributed by atoms with Crippen molar-refractivity contribution >= 4 is 5.95 Å². The molecule has 12 heavy (non-hydrogen) atoms. The molecule has 68 valence electrons. The number of hydrogen-bond donors (Lipinski definition) is 2. The molecule has 0 fully saturated rings. The van der Waals surface area contributed by atoms with Crippen LogP contribution in [0.3, 0.4) is 0 Å².